The molecule has 0 spiro atoms. The van der Waals surface area contributed by atoms with Crippen molar-refractivity contribution in [3.05, 3.63) is 60.4 Å². The summed E-state index contributed by atoms with van der Waals surface area (Å²) in [4.78, 5) is 20.8. The molecule has 0 bridgehead atoms. The van der Waals surface area contributed by atoms with Crippen LogP contribution in [0, 0.1) is 0 Å². The maximum atomic E-state index is 12.4. The summed E-state index contributed by atoms with van der Waals surface area (Å²) in [6, 6.07) is 14.0. The van der Waals surface area contributed by atoms with Gasteiger partial charge in [0.15, 0.2) is 0 Å². The van der Waals surface area contributed by atoms with Gasteiger partial charge in [-0.05, 0) is 23.8 Å². The number of amides is 1. The van der Waals surface area contributed by atoms with E-state index in [4.69, 9.17) is 4.74 Å². The highest BCUT2D eigenvalue weighted by atomic mass is 16.5. The van der Waals surface area contributed by atoms with Crippen LogP contribution in [-0.4, -0.2) is 47.6 Å². The number of para-hydroxylation sites is 1. The fourth-order valence-electron chi connectivity index (χ4n) is 3.48. The zero-order valence-electron chi connectivity index (χ0n) is 12.8. The Kier molecular flexibility index (Phi) is 3.81. The first-order valence-corrected chi connectivity index (χ1v) is 7.91. The third-order valence-corrected chi connectivity index (χ3v) is 4.50. The Morgan fingerprint density at radius 2 is 2.00 bits per heavy atom. The summed E-state index contributed by atoms with van der Waals surface area (Å²) in [5.74, 6) is 0.0423. The number of carbonyl (C=O) groups is 1. The molecule has 0 N–H and O–H groups in total. The molecule has 2 aliphatic heterocycles. The van der Waals surface area contributed by atoms with Crippen LogP contribution in [0.5, 0.6) is 0 Å². The molecule has 5 nitrogen and oxygen atoms in total. The van der Waals surface area contributed by atoms with Crippen molar-refractivity contribution in [2.75, 3.05) is 24.6 Å². The molecule has 0 aliphatic carbocycles. The van der Waals surface area contributed by atoms with Crippen molar-refractivity contribution in [3.8, 4) is 0 Å². The van der Waals surface area contributed by atoms with Gasteiger partial charge in [0.05, 0.1) is 12.1 Å². The van der Waals surface area contributed by atoms with E-state index in [0.29, 0.717) is 0 Å². The monoisotopic (exact) mass is 309 g/mol. The molecule has 2 aromatic rings. The number of likely N-dealkylation sites (tertiary alicyclic amines) is 1. The molecule has 0 radical (unpaired) electrons. The highest BCUT2D eigenvalue weighted by molar-refractivity contribution is 5.95. The van der Waals surface area contributed by atoms with Crippen molar-refractivity contribution in [1.29, 1.82) is 0 Å². The number of ether oxygens (including phenoxy) is 1. The number of rotatable bonds is 3. The lowest BCUT2D eigenvalue weighted by Gasteiger charge is -2.36. The van der Waals surface area contributed by atoms with Crippen LogP contribution < -0.4 is 4.90 Å². The van der Waals surface area contributed by atoms with E-state index in [-0.39, 0.29) is 24.7 Å². The summed E-state index contributed by atoms with van der Waals surface area (Å²) < 4.78 is 5.79. The van der Waals surface area contributed by atoms with Crippen LogP contribution in [0.1, 0.15) is 5.56 Å². The Labute approximate surface area is 135 Å². The molecular formula is C18H19N3O2. The zero-order chi connectivity index (χ0) is 15.6. The highest BCUT2D eigenvalue weighted by Gasteiger charge is 2.43. The van der Waals surface area contributed by atoms with Crippen molar-refractivity contribution in [2.24, 2.45) is 0 Å². The smallest absolute Gasteiger partial charge is 0.253 e. The first kappa shape index (κ1) is 14.4. The summed E-state index contributed by atoms with van der Waals surface area (Å²) in [5.41, 5.74) is 2.14. The largest absolute Gasteiger partial charge is 0.365 e. The maximum absolute atomic E-state index is 12.4. The summed E-state index contributed by atoms with van der Waals surface area (Å²) in [6.45, 7) is 2.66. The molecule has 118 valence electrons. The summed E-state index contributed by atoms with van der Waals surface area (Å²) in [7, 11) is 0. The SMILES string of the molecule is O=C1COC2CN(Cc3cccnc3)CC2N1c1ccccc1. The lowest BCUT2D eigenvalue weighted by atomic mass is 10.1. The number of hydrogen-bond acceptors (Lipinski definition) is 4. The molecular weight excluding hydrogens is 290 g/mol. The first-order chi connectivity index (χ1) is 11.3. The lowest BCUT2D eigenvalue weighted by molar-refractivity contribution is -0.130. The van der Waals surface area contributed by atoms with Crippen LogP contribution in [0.3, 0.4) is 0 Å². The van der Waals surface area contributed by atoms with Gasteiger partial charge in [-0.25, -0.2) is 0 Å². The van der Waals surface area contributed by atoms with Gasteiger partial charge >= 0.3 is 0 Å². The molecule has 1 aromatic heterocycles. The number of fused-ring (bicyclic) bond motifs is 1. The van der Waals surface area contributed by atoms with Gasteiger partial charge in [0.1, 0.15) is 6.61 Å². The minimum absolute atomic E-state index is 0.0423. The fourth-order valence-corrected chi connectivity index (χ4v) is 3.48. The Bertz CT molecular complexity index is 677. The molecule has 5 heteroatoms. The summed E-state index contributed by atoms with van der Waals surface area (Å²) >= 11 is 0. The van der Waals surface area contributed by atoms with Crippen LogP contribution >= 0.6 is 0 Å². The molecule has 2 saturated heterocycles. The molecule has 3 heterocycles. The van der Waals surface area contributed by atoms with Crippen molar-refractivity contribution >= 4 is 11.6 Å². The number of anilines is 1. The second-order valence-corrected chi connectivity index (χ2v) is 6.07. The molecule has 2 aliphatic rings. The van der Waals surface area contributed by atoms with E-state index in [1.54, 1.807) is 6.20 Å². The zero-order valence-corrected chi connectivity index (χ0v) is 12.8. The Morgan fingerprint density at radius 1 is 1.13 bits per heavy atom. The average Bonchev–Trinajstić information content (AvgIpc) is 2.99. The van der Waals surface area contributed by atoms with E-state index < -0.39 is 0 Å². The number of morpholine rings is 1. The number of hydrogen-bond donors (Lipinski definition) is 0. The van der Waals surface area contributed by atoms with Gasteiger partial charge in [-0.15, -0.1) is 0 Å². The number of benzene rings is 1. The van der Waals surface area contributed by atoms with Crippen molar-refractivity contribution < 1.29 is 9.53 Å². The van der Waals surface area contributed by atoms with Crippen molar-refractivity contribution in [2.45, 2.75) is 18.7 Å². The molecule has 1 amide bonds. The molecule has 2 unspecified atom stereocenters. The predicted octanol–water partition coefficient (Wildman–Crippen LogP) is 1.70. The predicted molar refractivity (Wildman–Crippen MR) is 87.0 cm³/mol. The minimum Gasteiger partial charge on any atom is -0.365 e. The maximum Gasteiger partial charge on any atom is 0.253 e. The Morgan fingerprint density at radius 3 is 2.78 bits per heavy atom. The van der Waals surface area contributed by atoms with Crippen LogP contribution in [0.15, 0.2) is 54.9 Å². The third-order valence-electron chi connectivity index (χ3n) is 4.50. The summed E-state index contributed by atoms with van der Waals surface area (Å²) in [6.07, 6.45) is 3.75. The van der Waals surface area contributed by atoms with Gasteiger partial charge < -0.3 is 9.64 Å². The van der Waals surface area contributed by atoms with Gasteiger partial charge in [-0.2, -0.15) is 0 Å². The quantitative estimate of drug-likeness (QED) is 0.866. The van der Waals surface area contributed by atoms with Gasteiger partial charge in [0, 0.05) is 37.7 Å². The van der Waals surface area contributed by atoms with E-state index in [9.17, 15) is 4.79 Å². The Balaban J connectivity index is 1.53. The summed E-state index contributed by atoms with van der Waals surface area (Å²) in [5, 5.41) is 0. The minimum atomic E-state index is 0.0423. The highest BCUT2D eigenvalue weighted by Crippen LogP contribution is 2.29. The topological polar surface area (TPSA) is 45.7 Å². The number of carbonyl (C=O) groups excluding carboxylic acids is 1. The van der Waals surface area contributed by atoms with Gasteiger partial charge in [0.2, 0.25) is 0 Å². The molecule has 2 fully saturated rings. The molecule has 1 aromatic carbocycles. The lowest BCUT2D eigenvalue weighted by Crippen LogP contribution is -2.54. The van der Waals surface area contributed by atoms with E-state index in [2.05, 4.69) is 16.0 Å². The number of nitrogens with zero attached hydrogens (tertiary/aromatic N) is 3. The second kappa shape index (κ2) is 6.10. The van der Waals surface area contributed by atoms with E-state index in [1.165, 1.54) is 5.56 Å². The molecule has 4 rings (SSSR count). The number of aromatic nitrogens is 1. The first-order valence-electron chi connectivity index (χ1n) is 7.91. The fraction of sp³-hybridized carbons (Fsp3) is 0.333. The third kappa shape index (κ3) is 2.85. The van der Waals surface area contributed by atoms with Crippen LogP contribution in [0.4, 0.5) is 5.69 Å². The normalized spacial score (nSPS) is 24.7. The average molecular weight is 309 g/mol. The van der Waals surface area contributed by atoms with Crippen LogP contribution in [0.25, 0.3) is 0 Å². The van der Waals surface area contributed by atoms with Gasteiger partial charge in [-0.3, -0.25) is 14.7 Å². The Hall–Kier alpha value is -2.24. The van der Waals surface area contributed by atoms with E-state index >= 15 is 0 Å². The van der Waals surface area contributed by atoms with E-state index in [0.717, 1.165) is 25.3 Å². The molecule has 2 atom stereocenters. The van der Waals surface area contributed by atoms with Crippen molar-refractivity contribution in [3.63, 3.8) is 0 Å². The second-order valence-electron chi connectivity index (χ2n) is 6.07. The van der Waals surface area contributed by atoms with Gasteiger partial charge in [0.25, 0.3) is 5.91 Å². The standard InChI is InChI=1S/C18H19N3O2/c22-18-13-23-17-12-20(10-14-5-4-8-19-9-14)11-16(17)21(18)15-6-2-1-3-7-15/h1-9,16-17H,10-13H2. The van der Waals surface area contributed by atoms with Crippen LogP contribution in [-0.2, 0) is 16.1 Å². The van der Waals surface area contributed by atoms with Gasteiger partial charge in [-0.1, -0.05) is 24.3 Å². The van der Waals surface area contributed by atoms with Crippen molar-refractivity contribution in [1.82, 2.24) is 9.88 Å². The number of pyridine rings is 1. The van der Waals surface area contributed by atoms with Crippen LogP contribution in [0.2, 0.25) is 0 Å². The molecule has 23 heavy (non-hydrogen) atoms. The van der Waals surface area contributed by atoms with E-state index in [1.807, 2.05) is 47.5 Å². The molecule has 0 saturated carbocycles.